The summed E-state index contributed by atoms with van der Waals surface area (Å²) in [6.45, 7) is 2.39. The van der Waals surface area contributed by atoms with Gasteiger partial charge in [0.05, 0.1) is 19.3 Å². The van der Waals surface area contributed by atoms with Crippen molar-refractivity contribution < 1.29 is 19.3 Å². The summed E-state index contributed by atoms with van der Waals surface area (Å²) in [5, 5.41) is 12.2. The minimum absolute atomic E-state index is 0.269. The first-order valence-electron chi connectivity index (χ1n) is 7.66. The molecule has 0 saturated heterocycles. The van der Waals surface area contributed by atoms with Gasteiger partial charge in [0, 0.05) is 27.8 Å². The Morgan fingerprint density at radius 1 is 1.33 bits per heavy atom. The van der Waals surface area contributed by atoms with Gasteiger partial charge in [-0.05, 0) is 46.7 Å². The predicted molar refractivity (Wildman–Crippen MR) is 96.6 cm³/mol. The molecule has 2 heterocycles. The van der Waals surface area contributed by atoms with Crippen molar-refractivity contribution in [2.75, 3.05) is 27.0 Å². The molecule has 130 valence electrons. The van der Waals surface area contributed by atoms with Crippen molar-refractivity contribution in [3.63, 3.8) is 0 Å². The molecule has 1 unspecified atom stereocenters. The van der Waals surface area contributed by atoms with Crippen molar-refractivity contribution in [3.8, 4) is 11.5 Å². The number of thiophene rings is 1. The molecule has 0 amide bonds. The lowest BCUT2D eigenvalue weighted by Gasteiger charge is -2.20. The van der Waals surface area contributed by atoms with Crippen molar-refractivity contribution in [1.82, 2.24) is 4.90 Å². The lowest BCUT2D eigenvalue weighted by Crippen LogP contribution is -2.31. The van der Waals surface area contributed by atoms with Gasteiger partial charge in [-0.15, -0.1) is 11.3 Å². The molecule has 0 bridgehead atoms. The van der Waals surface area contributed by atoms with Gasteiger partial charge in [0.2, 0.25) is 6.79 Å². The summed E-state index contributed by atoms with van der Waals surface area (Å²) in [5.41, 5.74) is 1.00. The molecule has 2 aromatic rings. The third-order valence-electron chi connectivity index (χ3n) is 3.59. The fourth-order valence-electron chi connectivity index (χ4n) is 2.52. The number of likely N-dealkylation sites (N-methyl/N-ethyl adjacent to an activating group) is 1. The molecule has 1 N–H and O–H groups in total. The highest BCUT2D eigenvalue weighted by atomic mass is 79.9. The fourth-order valence-corrected chi connectivity index (χ4v) is 4.05. The Balaban J connectivity index is 1.38. The zero-order valence-corrected chi connectivity index (χ0v) is 15.8. The second kappa shape index (κ2) is 8.31. The minimum Gasteiger partial charge on any atom is -0.454 e. The molecular weight excluding hydrogens is 394 g/mol. The highest BCUT2D eigenvalue weighted by molar-refractivity contribution is 9.10. The molecule has 1 aliphatic rings. The zero-order valence-electron chi connectivity index (χ0n) is 13.4. The highest BCUT2D eigenvalue weighted by Gasteiger charge is 2.14. The van der Waals surface area contributed by atoms with Gasteiger partial charge in [-0.2, -0.15) is 0 Å². The van der Waals surface area contributed by atoms with Crippen LogP contribution in [0.3, 0.4) is 0 Å². The van der Waals surface area contributed by atoms with E-state index in [9.17, 15) is 5.11 Å². The van der Waals surface area contributed by atoms with Crippen LogP contribution in [-0.4, -0.2) is 43.1 Å². The van der Waals surface area contributed by atoms with Gasteiger partial charge in [0.25, 0.3) is 0 Å². The van der Waals surface area contributed by atoms with Crippen LogP contribution in [0.15, 0.2) is 34.1 Å². The van der Waals surface area contributed by atoms with E-state index in [0.717, 1.165) is 28.1 Å². The Morgan fingerprint density at radius 3 is 2.96 bits per heavy atom. The van der Waals surface area contributed by atoms with Crippen LogP contribution < -0.4 is 9.47 Å². The van der Waals surface area contributed by atoms with Gasteiger partial charge in [0.15, 0.2) is 11.5 Å². The maximum Gasteiger partial charge on any atom is 0.231 e. The Morgan fingerprint density at radius 2 is 2.17 bits per heavy atom. The van der Waals surface area contributed by atoms with Crippen molar-refractivity contribution in [2.45, 2.75) is 19.3 Å². The second-order valence-electron chi connectivity index (χ2n) is 5.78. The molecule has 24 heavy (non-hydrogen) atoms. The number of aliphatic hydroxyl groups is 1. The van der Waals surface area contributed by atoms with E-state index in [-0.39, 0.29) is 6.79 Å². The summed E-state index contributed by atoms with van der Waals surface area (Å²) in [4.78, 5) is 3.35. The van der Waals surface area contributed by atoms with Crippen molar-refractivity contribution in [1.29, 1.82) is 0 Å². The van der Waals surface area contributed by atoms with E-state index in [1.807, 2.05) is 25.2 Å². The van der Waals surface area contributed by atoms with E-state index < -0.39 is 6.10 Å². The van der Waals surface area contributed by atoms with Gasteiger partial charge in [-0.25, -0.2) is 0 Å². The molecule has 0 saturated carbocycles. The summed E-state index contributed by atoms with van der Waals surface area (Å²) in [7, 11) is 1.99. The van der Waals surface area contributed by atoms with E-state index in [1.54, 1.807) is 11.3 Å². The first-order valence-corrected chi connectivity index (χ1v) is 9.33. The Bertz CT molecular complexity index is 678. The summed E-state index contributed by atoms with van der Waals surface area (Å²) in [6.07, 6.45) is -0.521. The molecule has 0 aliphatic carbocycles. The quantitative estimate of drug-likeness (QED) is 0.719. The van der Waals surface area contributed by atoms with E-state index in [0.29, 0.717) is 19.8 Å². The lowest BCUT2D eigenvalue weighted by molar-refractivity contribution is 0.0128. The Labute approximate surface area is 153 Å². The van der Waals surface area contributed by atoms with E-state index in [2.05, 4.69) is 32.3 Å². The third kappa shape index (κ3) is 4.94. The molecular formula is C17H20BrNO4S. The van der Waals surface area contributed by atoms with Crippen molar-refractivity contribution in [2.24, 2.45) is 0 Å². The molecule has 7 heteroatoms. The number of ether oxygens (including phenoxy) is 3. The summed E-state index contributed by atoms with van der Waals surface area (Å²) < 4.78 is 17.3. The fraction of sp³-hybridized carbons (Fsp3) is 0.412. The summed E-state index contributed by atoms with van der Waals surface area (Å²) in [6, 6.07) is 7.84. The van der Waals surface area contributed by atoms with Crippen LogP contribution in [-0.2, 0) is 17.9 Å². The van der Waals surface area contributed by atoms with Crippen LogP contribution in [0.4, 0.5) is 0 Å². The molecule has 1 atom stereocenters. The monoisotopic (exact) mass is 413 g/mol. The number of hydrogen-bond acceptors (Lipinski definition) is 6. The van der Waals surface area contributed by atoms with Crippen LogP contribution in [0.25, 0.3) is 0 Å². The summed E-state index contributed by atoms with van der Waals surface area (Å²) in [5.74, 6) is 1.51. The van der Waals surface area contributed by atoms with E-state index in [1.165, 1.54) is 4.88 Å². The molecule has 3 rings (SSSR count). The maximum absolute atomic E-state index is 10.1. The van der Waals surface area contributed by atoms with Crippen molar-refractivity contribution >= 4 is 27.3 Å². The van der Waals surface area contributed by atoms with Crippen LogP contribution in [0.5, 0.6) is 11.5 Å². The second-order valence-corrected chi connectivity index (χ2v) is 7.70. The minimum atomic E-state index is -0.521. The predicted octanol–water partition coefficient (Wildman–Crippen LogP) is 3.25. The van der Waals surface area contributed by atoms with E-state index in [4.69, 9.17) is 14.2 Å². The van der Waals surface area contributed by atoms with Crippen LogP contribution in [0, 0.1) is 0 Å². The molecule has 0 spiro atoms. The van der Waals surface area contributed by atoms with Crippen LogP contribution >= 0.6 is 27.3 Å². The van der Waals surface area contributed by atoms with Gasteiger partial charge in [-0.3, -0.25) is 4.90 Å². The number of hydrogen-bond donors (Lipinski definition) is 1. The topological polar surface area (TPSA) is 51.2 Å². The Kier molecular flexibility index (Phi) is 6.13. The number of aliphatic hydroxyl groups excluding tert-OH is 1. The van der Waals surface area contributed by atoms with Crippen LogP contribution in [0.2, 0.25) is 0 Å². The average Bonchev–Trinajstić information content (AvgIpc) is 3.15. The standard InChI is InChI=1S/C17H20BrNO4S/c1-19(7-15-5-13(18)10-24-15)6-14(20)9-21-8-12-2-3-16-17(4-12)23-11-22-16/h2-5,10,14,20H,6-9,11H2,1H3. The number of fused-ring (bicyclic) bond motifs is 1. The number of rotatable bonds is 8. The number of benzene rings is 1. The van der Waals surface area contributed by atoms with E-state index >= 15 is 0 Å². The smallest absolute Gasteiger partial charge is 0.231 e. The maximum atomic E-state index is 10.1. The SMILES string of the molecule is CN(Cc1cc(Br)cs1)CC(O)COCc1ccc2c(c1)OCO2. The van der Waals surface area contributed by atoms with Gasteiger partial charge in [-0.1, -0.05) is 6.07 Å². The molecule has 1 aromatic carbocycles. The lowest BCUT2D eigenvalue weighted by atomic mass is 10.2. The Hall–Kier alpha value is -1.12. The van der Waals surface area contributed by atoms with Crippen LogP contribution in [0.1, 0.15) is 10.4 Å². The zero-order chi connectivity index (χ0) is 16.9. The largest absolute Gasteiger partial charge is 0.454 e. The third-order valence-corrected chi connectivity index (χ3v) is 5.27. The normalized spacial score (nSPS) is 14.3. The first kappa shape index (κ1) is 17.7. The van der Waals surface area contributed by atoms with Crippen molar-refractivity contribution in [3.05, 3.63) is 44.6 Å². The molecule has 5 nitrogen and oxygen atoms in total. The molecule has 0 fully saturated rings. The first-order chi connectivity index (χ1) is 11.6. The molecule has 0 radical (unpaired) electrons. The average molecular weight is 414 g/mol. The summed E-state index contributed by atoms with van der Waals surface area (Å²) >= 11 is 5.16. The molecule has 1 aliphatic heterocycles. The van der Waals surface area contributed by atoms with Gasteiger partial charge in [0.1, 0.15) is 0 Å². The number of nitrogens with zero attached hydrogens (tertiary/aromatic N) is 1. The molecule has 1 aromatic heterocycles. The number of halogens is 1. The van der Waals surface area contributed by atoms with Gasteiger partial charge < -0.3 is 19.3 Å². The van der Waals surface area contributed by atoms with Gasteiger partial charge >= 0.3 is 0 Å². The highest BCUT2D eigenvalue weighted by Crippen LogP contribution is 2.32.